The maximum atomic E-state index is 13.8. The quantitative estimate of drug-likeness (QED) is 0.874. The number of rotatable bonds is 3. The van der Waals surface area contributed by atoms with Crippen molar-refractivity contribution in [2.24, 2.45) is 0 Å². The van der Waals surface area contributed by atoms with Gasteiger partial charge in [-0.2, -0.15) is 0 Å². The molecule has 0 fully saturated rings. The Morgan fingerprint density at radius 3 is 2.43 bits per heavy atom. The Balaban J connectivity index is 2.24. The molecule has 0 radical (unpaired) electrons. The highest BCUT2D eigenvalue weighted by Crippen LogP contribution is 2.23. The van der Waals surface area contributed by atoms with Gasteiger partial charge in [-0.1, -0.05) is 23.7 Å². The molecule has 1 amide bonds. The molecule has 1 atom stereocenters. The summed E-state index contributed by atoms with van der Waals surface area (Å²) in [7, 11) is 1.64. The normalized spacial score (nSPS) is 12.0. The van der Waals surface area contributed by atoms with Crippen LogP contribution in [-0.4, -0.2) is 17.9 Å². The summed E-state index contributed by atoms with van der Waals surface area (Å²) in [5.74, 6) is -1.01. The van der Waals surface area contributed by atoms with Crippen LogP contribution in [0.4, 0.5) is 10.1 Å². The number of nitrogen functional groups attached to an aromatic ring is 1. The molecule has 0 spiro atoms. The van der Waals surface area contributed by atoms with Crippen molar-refractivity contribution in [2.75, 3.05) is 12.8 Å². The first-order valence-electron chi connectivity index (χ1n) is 6.48. The zero-order valence-electron chi connectivity index (χ0n) is 11.8. The molecular weight excluding hydrogens is 291 g/mol. The van der Waals surface area contributed by atoms with Crippen LogP contribution >= 0.6 is 11.6 Å². The molecule has 0 aliphatic carbocycles. The highest BCUT2D eigenvalue weighted by Gasteiger charge is 2.21. The Morgan fingerprint density at radius 1 is 1.24 bits per heavy atom. The maximum absolute atomic E-state index is 13.8. The molecule has 110 valence electrons. The largest absolute Gasteiger partial charge is 0.399 e. The molecule has 21 heavy (non-hydrogen) atoms. The first-order chi connectivity index (χ1) is 9.90. The zero-order chi connectivity index (χ0) is 15.6. The molecule has 2 N–H and O–H groups in total. The van der Waals surface area contributed by atoms with Gasteiger partial charge in [0.05, 0.1) is 11.6 Å². The van der Waals surface area contributed by atoms with E-state index in [1.54, 1.807) is 19.2 Å². The van der Waals surface area contributed by atoms with Crippen LogP contribution in [0.25, 0.3) is 0 Å². The minimum Gasteiger partial charge on any atom is -0.399 e. The van der Waals surface area contributed by atoms with E-state index in [0.717, 1.165) is 11.6 Å². The predicted molar refractivity (Wildman–Crippen MR) is 82.8 cm³/mol. The van der Waals surface area contributed by atoms with Crippen molar-refractivity contribution in [3.05, 3.63) is 64.4 Å². The van der Waals surface area contributed by atoms with Crippen molar-refractivity contribution in [2.45, 2.75) is 13.0 Å². The van der Waals surface area contributed by atoms with Crippen molar-refractivity contribution in [1.82, 2.24) is 4.90 Å². The van der Waals surface area contributed by atoms with Crippen molar-refractivity contribution >= 4 is 23.2 Å². The van der Waals surface area contributed by atoms with Crippen molar-refractivity contribution in [3.63, 3.8) is 0 Å². The van der Waals surface area contributed by atoms with E-state index >= 15 is 0 Å². The van der Waals surface area contributed by atoms with Crippen LogP contribution in [0.15, 0.2) is 42.5 Å². The Kier molecular flexibility index (Phi) is 4.48. The van der Waals surface area contributed by atoms with Crippen LogP contribution < -0.4 is 5.73 Å². The summed E-state index contributed by atoms with van der Waals surface area (Å²) in [5, 5.41) is 0.629. The molecule has 0 aromatic heterocycles. The molecule has 0 heterocycles. The molecule has 0 bridgehead atoms. The Bertz CT molecular complexity index is 658. The summed E-state index contributed by atoms with van der Waals surface area (Å²) >= 11 is 5.85. The van der Waals surface area contributed by atoms with E-state index in [1.807, 2.05) is 19.1 Å². The number of benzene rings is 2. The SMILES string of the molecule is C[C@H](c1ccc(Cl)cc1)N(C)C(=O)c1ccc(N)cc1F. The molecular formula is C16H16ClFN2O. The lowest BCUT2D eigenvalue weighted by atomic mass is 10.1. The van der Waals surface area contributed by atoms with E-state index in [0.29, 0.717) is 5.02 Å². The molecule has 5 heteroatoms. The van der Waals surface area contributed by atoms with Gasteiger partial charge in [-0.3, -0.25) is 4.79 Å². The Hall–Kier alpha value is -2.07. The van der Waals surface area contributed by atoms with Gasteiger partial charge in [-0.05, 0) is 42.8 Å². The fourth-order valence-corrected chi connectivity index (χ4v) is 2.16. The molecule has 3 nitrogen and oxygen atoms in total. The minimum absolute atomic E-state index is 0.00696. The second kappa shape index (κ2) is 6.14. The molecule has 2 rings (SSSR count). The number of anilines is 1. The zero-order valence-corrected chi connectivity index (χ0v) is 12.6. The first kappa shape index (κ1) is 15.3. The standard InChI is InChI=1S/C16H16ClFN2O/c1-10(11-3-5-12(17)6-4-11)20(2)16(21)14-8-7-13(19)9-15(14)18/h3-10H,19H2,1-2H3/t10-/m1/s1. The number of nitrogens with zero attached hydrogens (tertiary/aromatic N) is 1. The van der Waals surface area contributed by atoms with E-state index < -0.39 is 11.7 Å². The summed E-state index contributed by atoms with van der Waals surface area (Å²) in [6, 6.07) is 11.1. The third kappa shape index (κ3) is 3.34. The molecule has 0 aliphatic heterocycles. The lowest BCUT2D eigenvalue weighted by Crippen LogP contribution is -2.30. The van der Waals surface area contributed by atoms with Gasteiger partial charge in [-0.15, -0.1) is 0 Å². The van der Waals surface area contributed by atoms with Crippen molar-refractivity contribution in [1.29, 1.82) is 0 Å². The Morgan fingerprint density at radius 2 is 1.86 bits per heavy atom. The van der Waals surface area contributed by atoms with Crippen LogP contribution in [0.2, 0.25) is 5.02 Å². The van der Waals surface area contributed by atoms with E-state index in [-0.39, 0.29) is 17.3 Å². The number of halogens is 2. The maximum Gasteiger partial charge on any atom is 0.257 e. The van der Waals surface area contributed by atoms with Crippen LogP contribution in [0, 0.1) is 5.82 Å². The topological polar surface area (TPSA) is 46.3 Å². The van der Waals surface area contributed by atoms with E-state index in [1.165, 1.54) is 17.0 Å². The van der Waals surface area contributed by atoms with Gasteiger partial charge < -0.3 is 10.6 Å². The van der Waals surface area contributed by atoms with Crippen molar-refractivity contribution < 1.29 is 9.18 Å². The molecule has 0 saturated carbocycles. The lowest BCUT2D eigenvalue weighted by molar-refractivity contribution is 0.0738. The second-order valence-corrected chi connectivity index (χ2v) is 5.32. The number of carbonyl (C=O) groups excluding carboxylic acids is 1. The number of hydrogen-bond donors (Lipinski definition) is 1. The second-order valence-electron chi connectivity index (χ2n) is 4.88. The minimum atomic E-state index is -0.616. The Labute approximate surface area is 128 Å². The first-order valence-corrected chi connectivity index (χ1v) is 6.85. The fraction of sp³-hybridized carbons (Fsp3) is 0.188. The highest BCUT2D eigenvalue weighted by molar-refractivity contribution is 6.30. The monoisotopic (exact) mass is 306 g/mol. The van der Waals surface area contributed by atoms with Gasteiger partial charge in [-0.25, -0.2) is 4.39 Å². The van der Waals surface area contributed by atoms with E-state index in [9.17, 15) is 9.18 Å². The smallest absolute Gasteiger partial charge is 0.257 e. The number of nitrogens with two attached hydrogens (primary N) is 1. The molecule has 0 unspecified atom stereocenters. The van der Waals surface area contributed by atoms with Gasteiger partial charge >= 0.3 is 0 Å². The van der Waals surface area contributed by atoms with Gasteiger partial charge in [0.1, 0.15) is 5.82 Å². The number of hydrogen-bond acceptors (Lipinski definition) is 2. The molecule has 2 aromatic rings. The van der Waals surface area contributed by atoms with Gasteiger partial charge in [0.25, 0.3) is 5.91 Å². The van der Waals surface area contributed by atoms with Gasteiger partial charge in [0, 0.05) is 17.8 Å². The fourth-order valence-electron chi connectivity index (χ4n) is 2.04. The van der Waals surface area contributed by atoms with Crippen LogP contribution in [0.1, 0.15) is 28.9 Å². The lowest BCUT2D eigenvalue weighted by Gasteiger charge is -2.25. The van der Waals surface area contributed by atoms with Crippen LogP contribution in [0.5, 0.6) is 0 Å². The predicted octanol–water partition coefficient (Wildman–Crippen LogP) is 3.89. The molecule has 0 saturated heterocycles. The van der Waals surface area contributed by atoms with Gasteiger partial charge in [0.2, 0.25) is 0 Å². The molecule has 2 aromatic carbocycles. The third-order valence-corrected chi connectivity index (χ3v) is 3.73. The summed E-state index contributed by atoms with van der Waals surface area (Å²) in [5.41, 5.74) is 6.71. The summed E-state index contributed by atoms with van der Waals surface area (Å²) in [6.07, 6.45) is 0. The van der Waals surface area contributed by atoms with Crippen LogP contribution in [-0.2, 0) is 0 Å². The van der Waals surface area contributed by atoms with E-state index in [2.05, 4.69) is 0 Å². The van der Waals surface area contributed by atoms with Crippen molar-refractivity contribution in [3.8, 4) is 0 Å². The molecule has 0 aliphatic rings. The summed E-state index contributed by atoms with van der Waals surface area (Å²) in [4.78, 5) is 13.9. The number of amides is 1. The van der Waals surface area contributed by atoms with E-state index in [4.69, 9.17) is 17.3 Å². The summed E-state index contributed by atoms with van der Waals surface area (Å²) in [6.45, 7) is 1.87. The number of carbonyl (C=O) groups is 1. The van der Waals surface area contributed by atoms with Gasteiger partial charge in [0.15, 0.2) is 0 Å². The summed E-state index contributed by atoms with van der Waals surface area (Å²) < 4.78 is 13.8. The van der Waals surface area contributed by atoms with Crippen LogP contribution in [0.3, 0.4) is 0 Å². The average molecular weight is 307 g/mol. The average Bonchev–Trinajstić information content (AvgIpc) is 2.46. The third-order valence-electron chi connectivity index (χ3n) is 3.48. The highest BCUT2D eigenvalue weighted by atomic mass is 35.5.